The number of amides is 1. The number of nitrogens with one attached hydrogen (secondary N) is 2. The van der Waals surface area contributed by atoms with Gasteiger partial charge in [-0.05, 0) is 25.0 Å². The fourth-order valence-corrected chi connectivity index (χ4v) is 1.45. The number of esters is 1. The van der Waals surface area contributed by atoms with Crippen LogP contribution in [0.25, 0.3) is 0 Å². The van der Waals surface area contributed by atoms with E-state index in [4.69, 9.17) is 0 Å². The number of pyridine rings is 1. The second kappa shape index (κ2) is 5.48. The number of hydrogen-bond donors (Lipinski definition) is 2. The van der Waals surface area contributed by atoms with E-state index in [1.54, 1.807) is 12.1 Å². The van der Waals surface area contributed by atoms with Crippen molar-refractivity contribution >= 4 is 17.6 Å². The highest BCUT2D eigenvalue weighted by Crippen LogP contribution is 2.18. The van der Waals surface area contributed by atoms with E-state index in [2.05, 4.69) is 20.4 Å². The Balaban J connectivity index is 1.88. The van der Waals surface area contributed by atoms with E-state index in [-0.39, 0.29) is 18.1 Å². The molecule has 0 saturated heterocycles. The maximum absolute atomic E-state index is 11.5. The number of nitrogens with zero attached hydrogens (tertiary/aromatic N) is 1. The lowest BCUT2D eigenvalue weighted by Crippen LogP contribution is -2.31. The summed E-state index contributed by atoms with van der Waals surface area (Å²) in [6.07, 6.45) is 3.62. The summed E-state index contributed by atoms with van der Waals surface area (Å²) >= 11 is 0. The summed E-state index contributed by atoms with van der Waals surface area (Å²) < 4.78 is 4.57. The first-order valence-corrected chi connectivity index (χ1v) is 5.76. The molecular weight excluding hydrogens is 234 g/mol. The zero-order chi connectivity index (χ0) is 13.0. The van der Waals surface area contributed by atoms with Crippen LogP contribution in [0.3, 0.4) is 0 Å². The number of hydrogen-bond acceptors (Lipinski definition) is 5. The van der Waals surface area contributed by atoms with Crippen molar-refractivity contribution in [3.63, 3.8) is 0 Å². The molecule has 1 aromatic heterocycles. The van der Waals surface area contributed by atoms with Crippen LogP contribution in [0.5, 0.6) is 0 Å². The zero-order valence-corrected chi connectivity index (χ0v) is 10.1. The number of ether oxygens (including phenoxy) is 1. The molecule has 0 spiro atoms. The van der Waals surface area contributed by atoms with Crippen molar-refractivity contribution in [3.05, 3.63) is 24.0 Å². The van der Waals surface area contributed by atoms with Crippen LogP contribution in [-0.4, -0.2) is 36.6 Å². The third-order valence-corrected chi connectivity index (χ3v) is 2.55. The minimum atomic E-state index is -0.499. The molecule has 1 aliphatic rings. The van der Waals surface area contributed by atoms with Crippen molar-refractivity contribution in [2.75, 3.05) is 19.0 Å². The standard InChI is InChI=1S/C12H15N3O3/c1-18-12(17)10-6-9(4-5-13-10)14-7-11(16)15-8-2-3-8/h4-6,8H,2-3,7H2,1H3,(H,13,14)(H,15,16). The van der Waals surface area contributed by atoms with Gasteiger partial charge in [0.2, 0.25) is 5.91 Å². The fraction of sp³-hybridized carbons (Fsp3) is 0.417. The summed E-state index contributed by atoms with van der Waals surface area (Å²) in [5.74, 6) is -0.546. The monoisotopic (exact) mass is 249 g/mol. The highest BCUT2D eigenvalue weighted by Gasteiger charge is 2.22. The predicted octanol–water partition coefficient (Wildman–Crippen LogP) is 0.559. The van der Waals surface area contributed by atoms with E-state index in [0.29, 0.717) is 11.7 Å². The van der Waals surface area contributed by atoms with Gasteiger partial charge in [-0.15, -0.1) is 0 Å². The molecule has 18 heavy (non-hydrogen) atoms. The van der Waals surface area contributed by atoms with E-state index < -0.39 is 5.97 Å². The highest BCUT2D eigenvalue weighted by molar-refractivity contribution is 5.88. The molecule has 0 unspecified atom stereocenters. The van der Waals surface area contributed by atoms with Gasteiger partial charge in [-0.25, -0.2) is 9.78 Å². The average molecular weight is 249 g/mol. The van der Waals surface area contributed by atoms with Crippen LogP contribution in [0.4, 0.5) is 5.69 Å². The third-order valence-electron chi connectivity index (χ3n) is 2.55. The summed E-state index contributed by atoms with van der Waals surface area (Å²) in [4.78, 5) is 26.6. The Morgan fingerprint density at radius 1 is 1.50 bits per heavy atom. The summed E-state index contributed by atoms with van der Waals surface area (Å²) in [6.45, 7) is 0.182. The van der Waals surface area contributed by atoms with Crippen molar-refractivity contribution in [3.8, 4) is 0 Å². The number of methoxy groups -OCH3 is 1. The molecule has 0 aliphatic heterocycles. The van der Waals surface area contributed by atoms with E-state index in [0.717, 1.165) is 12.8 Å². The lowest BCUT2D eigenvalue weighted by Gasteiger charge is -2.07. The topological polar surface area (TPSA) is 80.3 Å². The molecule has 6 nitrogen and oxygen atoms in total. The van der Waals surface area contributed by atoms with Gasteiger partial charge < -0.3 is 15.4 Å². The minimum absolute atomic E-state index is 0.0473. The predicted molar refractivity (Wildman–Crippen MR) is 65.2 cm³/mol. The van der Waals surface area contributed by atoms with Gasteiger partial charge in [0.25, 0.3) is 0 Å². The minimum Gasteiger partial charge on any atom is -0.464 e. The van der Waals surface area contributed by atoms with Crippen LogP contribution in [0, 0.1) is 0 Å². The summed E-state index contributed by atoms with van der Waals surface area (Å²) in [6, 6.07) is 3.59. The number of rotatable bonds is 5. The van der Waals surface area contributed by atoms with Crippen LogP contribution in [0.1, 0.15) is 23.3 Å². The number of carbonyl (C=O) groups is 2. The van der Waals surface area contributed by atoms with Gasteiger partial charge in [0.15, 0.2) is 0 Å². The number of carbonyl (C=O) groups excluding carboxylic acids is 2. The van der Waals surface area contributed by atoms with Gasteiger partial charge in [0.05, 0.1) is 13.7 Å². The Labute approximate surface area is 105 Å². The Morgan fingerprint density at radius 3 is 2.94 bits per heavy atom. The number of anilines is 1. The van der Waals surface area contributed by atoms with Crippen LogP contribution >= 0.6 is 0 Å². The molecule has 2 rings (SSSR count). The van der Waals surface area contributed by atoms with Crippen LogP contribution in [-0.2, 0) is 9.53 Å². The van der Waals surface area contributed by atoms with Gasteiger partial charge in [-0.3, -0.25) is 4.79 Å². The van der Waals surface area contributed by atoms with E-state index in [1.165, 1.54) is 13.3 Å². The maximum atomic E-state index is 11.5. The molecular formula is C12H15N3O3. The molecule has 2 N–H and O–H groups in total. The Morgan fingerprint density at radius 2 is 2.28 bits per heavy atom. The van der Waals surface area contributed by atoms with Gasteiger partial charge in [0, 0.05) is 17.9 Å². The van der Waals surface area contributed by atoms with Crippen molar-refractivity contribution in [2.24, 2.45) is 0 Å². The molecule has 0 radical (unpaired) electrons. The van der Waals surface area contributed by atoms with Crippen molar-refractivity contribution in [1.82, 2.24) is 10.3 Å². The first-order chi connectivity index (χ1) is 8.69. The van der Waals surface area contributed by atoms with E-state index in [1.807, 2.05) is 0 Å². The molecule has 1 amide bonds. The lowest BCUT2D eigenvalue weighted by molar-refractivity contribution is -0.119. The summed E-state index contributed by atoms with van der Waals surface area (Å²) in [5, 5.41) is 5.80. The third kappa shape index (κ3) is 3.44. The first-order valence-electron chi connectivity index (χ1n) is 5.76. The van der Waals surface area contributed by atoms with Crippen LogP contribution in [0.2, 0.25) is 0 Å². The van der Waals surface area contributed by atoms with Gasteiger partial charge >= 0.3 is 5.97 Å². The first kappa shape index (κ1) is 12.3. The second-order valence-corrected chi connectivity index (χ2v) is 4.12. The van der Waals surface area contributed by atoms with Crippen LogP contribution < -0.4 is 10.6 Å². The Hall–Kier alpha value is -2.11. The zero-order valence-electron chi connectivity index (χ0n) is 10.1. The molecule has 1 fully saturated rings. The second-order valence-electron chi connectivity index (χ2n) is 4.12. The van der Waals surface area contributed by atoms with Crippen molar-refractivity contribution in [2.45, 2.75) is 18.9 Å². The Bertz CT molecular complexity index is 458. The van der Waals surface area contributed by atoms with Gasteiger partial charge in [0.1, 0.15) is 5.69 Å². The molecule has 0 bridgehead atoms. The molecule has 1 aliphatic carbocycles. The average Bonchev–Trinajstić information content (AvgIpc) is 3.19. The molecule has 1 saturated carbocycles. The SMILES string of the molecule is COC(=O)c1cc(NCC(=O)NC2CC2)ccn1. The van der Waals surface area contributed by atoms with Gasteiger partial charge in [-0.1, -0.05) is 0 Å². The molecule has 1 aromatic rings. The van der Waals surface area contributed by atoms with E-state index >= 15 is 0 Å². The molecule has 96 valence electrons. The smallest absolute Gasteiger partial charge is 0.356 e. The largest absolute Gasteiger partial charge is 0.464 e. The highest BCUT2D eigenvalue weighted by atomic mass is 16.5. The molecule has 1 heterocycles. The van der Waals surface area contributed by atoms with Gasteiger partial charge in [-0.2, -0.15) is 0 Å². The molecule has 0 atom stereocenters. The number of aromatic nitrogens is 1. The summed E-state index contributed by atoms with van der Waals surface area (Å²) in [5.41, 5.74) is 0.876. The summed E-state index contributed by atoms with van der Waals surface area (Å²) in [7, 11) is 1.30. The quantitative estimate of drug-likeness (QED) is 0.745. The normalized spacial score (nSPS) is 13.8. The molecule has 6 heteroatoms. The fourth-order valence-electron chi connectivity index (χ4n) is 1.45. The van der Waals surface area contributed by atoms with Crippen molar-refractivity contribution < 1.29 is 14.3 Å². The molecule has 0 aromatic carbocycles. The van der Waals surface area contributed by atoms with Crippen molar-refractivity contribution in [1.29, 1.82) is 0 Å². The van der Waals surface area contributed by atoms with Crippen LogP contribution in [0.15, 0.2) is 18.3 Å². The lowest BCUT2D eigenvalue weighted by atomic mass is 10.3. The van der Waals surface area contributed by atoms with E-state index in [9.17, 15) is 9.59 Å². The maximum Gasteiger partial charge on any atom is 0.356 e. The Kier molecular flexibility index (Phi) is 3.76.